The molecule has 0 saturated carbocycles. The summed E-state index contributed by atoms with van der Waals surface area (Å²) in [6.07, 6.45) is -1.45. The first-order valence-electron chi connectivity index (χ1n) is 12.1. The number of nitrogens with zero attached hydrogens (tertiary/aromatic N) is 1. The summed E-state index contributed by atoms with van der Waals surface area (Å²) >= 11 is 7.95. The van der Waals surface area contributed by atoms with Gasteiger partial charge < -0.3 is 33.9 Å². The van der Waals surface area contributed by atoms with Crippen molar-refractivity contribution in [3.8, 4) is 34.8 Å². The van der Waals surface area contributed by atoms with Gasteiger partial charge in [-0.3, -0.25) is 0 Å². The summed E-state index contributed by atoms with van der Waals surface area (Å²) in [6, 6.07) is 18.4. The Balaban J connectivity index is 1.71. The molecule has 0 spiro atoms. The van der Waals surface area contributed by atoms with E-state index in [0.717, 1.165) is 4.90 Å². The molecule has 0 aromatic heterocycles. The van der Waals surface area contributed by atoms with Crippen molar-refractivity contribution >= 4 is 23.4 Å². The van der Waals surface area contributed by atoms with Crippen molar-refractivity contribution in [3.63, 3.8) is 0 Å². The molecule has 0 aliphatic rings. The highest BCUT2D eigenvalue weighted by molar-refractivity contribution is 7.99. The maximum atomic E-state index is 10.9. The molecule has 0 aliphatic carbocycles. The number of thioether (sulfide) groups is 1. The molecule has 10 heteroatoms. The Hall–Kier alpha value is -3.29. The zero-order chi connectivity index (χ0) is 28.4. The molecule has 208 valence electrons. The van der Waals surface area contributed by atoms with Crippen LogP contribution in [0.15, 0.2) is 59.5 Å². The number of aliphatic hydroxyl groups is 2. The van der Waals surface area contributed by atoms with Gasteiger partial charge in [0.2, 0.25) is 5.75 Å². The standard InChI is InChI=1S/C29H32ClNO7S/c1-34-24-13-18(12-20(16-31)28(24)38-27(30)17-39-21-8-6-5-7-9-21)22(32)10-11-23(33)19-14-25(35-2)29(37-4)26(15-19)36-3/h5-9,12-15,22-23,27,32-33H,10-11,17H2,1-4H3. The number of halogens is 1. The van der Waals surface area contributed by atoms with Gasteiger partial charge in [-0.2, -0.15) is 5.26 Å². The summed E-state index contributed by atoms with van der Waals surface area (Å²) in [5, 5.41) is 31.5. The second kappa shape index (κ2) is 14.8. The van der Waals surface area contributed by atoms with Crippen LogP contribution in [-0.2, 0) is 0 Å². The molecule has 0 heterocycles. The van der Waals surface area contributed by atoms with Gasteiger partial charge in [-0.05, 0) is 60.4 Å². The molecule has 3 unspecified atom stereocenters. The minimum absolute atomic E-state index is 0.184. The number of nitriles is 1. The lowest BCUT2D eigenvalue weighted by molar-refractivity contribution is 0.114. The molecule has 0 bridgehead atoms. The molecule has 3 atom stereocenters. The highest BCUT2D eigenvalue weighted by Crippen LogP contribution is 2.41. The topological polar surface area (TPSA) is 110 Å². The van der Waals surface area contributed by atoms with Gasteiger partial charge in [0, 0.05) is 10.6 Å². The smallest absolute Gasteiger partial charge is 0.203 e. The Labute approximate surface area is 238 Å². The summed E-state index contributed by atoms with van der Waals surface area (Å²) < 4.78 is 27.4. The fraction of sp³-hybridized carbons (Fsp3) is 0.345. The number of hydrogen-bond donors (Lipinski definition) is 2. The SMILES string of the molecule is COc1cc(C(O)CCC(O)c2cc(OC)c(OC)c(OC)c2)cc(C#N)c1OC(Cl)CSc1ccccc1. The van der Waals surface area contributed by atoms with E-state index in [1.54, 1.807) is 24.3 Å². The van der Waals surface area contributed by atoms with Crippen LogP contribution in [0.5, 0.6) is 28.7 Å². The summed E-state index contributed by atoms with van der Waals surface area (Å²) in [4.78, 5) is 1.05. The first-order chi connectivity index (χ1) is 18.8. The quantitative estimate of drug-likeness (QED) is 0.180. The van der Waals surface area contributed by atoms with E-state index in [-0.39, 0.29) is 29.9 Å². The van der Waals surface area contributed by atoms with Crippen LogP contribution in [0.4, 0.5) is 0 Å². The molecular formula is C29H32ClNO7S. The van der Waals surface area contributed by atoms with Gasteiger partial charge >= 0.3 is 0 Å². The zero-order valence-corrected chi connectivity index (χ0v) is 23.8. The number of benzene rings is 3. The molecule has 2 N–H and O–H groups in total. The van der Waals surface area contributed by atoms with E-state index >= 15 is 0 Å². The van der Waals surface area contributed by atoms with Crippen molar-refractivity contribution in [2.45, 2.75) is 35.5 Å². The van der Waals surface area contributed by atoms with E-state index in [1.807, 2.05) is 30.3 Å². The van der Waals surface area contributed by atoms with Crippen LogP contribution >= 0.6 is 23.4 Å². The normalized spacial score (nSPS) is 13.1. The highest BCUT2D eigenvalue weighted by Gasteiger charge is 2.22. The van der Waals surface area contributed by atoms with Crippen LogP contribution in [-0.4, -0.2) is 50.0 Å². The predicted octanol–water partition coefficient (Wildman–Crippen LogP) is 5.88. The van der Waals surface area contributed by atoms with Crippen LogP contribution in [0.3, 0.4) is 0 Å². The second-order valence-electron chi connectivity index (χ2n) is 8.43. The summed E-state index contributed by atoms with van der Waals surface area (Å²) in [5.74, 6) is 2.20. The largest absolute Gasteiger partial charge is 0.493 e. The number of alkyl halides is 1. The van der Waals surface area contributed by atoms with Gasteiger partial charge in [-0.1, -0.05) is 29.8 Å². The summed E-state index contributed by atoms with van der Waals surface area (Å²) in [5.41, 5.74) is 0.472. The van der Waals surface area contributed by atoms with Crippen molar-refractivity contribution in [2.24, 2.45) is 0 Å². The molecular weight excluding hydrogens is 542 g/mol. The van der Waals surface area contributed by atoms with E-state index in [9.17, 15) is 15.5 Å². The first-order valence-corrected chi connectivity index (χ1v) is 13.5. The number of aliphatic hydroxyl groups excluding tert-OH is 2. The minimum Gasteiger partial charge on any atom is -0.493 e. The summed E-state index contributed by atoms with van der Waals surface area (Å²) in [6.45, 7) is 0. The van der Waals surface area contributed by atoms with Crippen LogP contribution in [0.2, 0.25) is 0 Å². The third-order valence-electron chi connectivity index (χ3n) is 5.96. The first kappa shape index (κ1) is 30.3. The van der Waals surface area contributed by atoms with E-state index in [4.69, 9.17) is 35.3 Å². The second-order valence-corrected chi connectivity index (χ2v) is 10.0. The van der Waals surface area contributed by atoms with Crippen molar-refractivity contribution in [2.75, 3.05) is 34.2 Å². The molecule has 39 heavy (non-hydrogen) atoms. The number of methoxy groups -OCH3 is 4. The van der Waals surface area contributed by atoms with Crippen molar-refractivity contribution in [3.05, 3.63) is 71.3 Å². The van der Waals surface area contributed by atoms with E-state index in [0.29, 0.717) is 34.1 Å². The Kier molecular flexibility index (Phi) is 11.4. The van der Waals surface area contributed by atoms with Crippen LogP contribution < -0.4 is 23.7 Å². The van der Waals surface area contributed by atoms with E-state index in [1.165, 1.54) is 40.2 Å². The highest BCUT2D eigenvalue weighted by atomic mass is 35.5. The molecule has 3 aromatic carbocycles. The average molecular weight is 574 g/mol. The maximum absolute atomic E-state index is 10.9. The van der Waals surface area contributed by atoms with Gasteiger partial charge in [0.15, 0.2) is 28.6 Å². The molecule has 0 aliphatic heterocycles. The molecule has 3 aromatic rings. The molecule has 0 fully saturated rings. The van der Waals surface area contributed by atoms with Gasteiger partial charge in [-0.25, -0.2) is 0 Å². The monoisotopic (exact) mass is 573 g/mol. The Morgan fingerprint density at radius 1 is 0.795 bits per heavy atom. The summed E-state index contributed by atoms with van der Waals surface area (Å²) in [7, 11) is 5.96. The van der Waals surface area contributed by atoms with Crippen molar-refractivity contribution in [1.29, 1.82) is 5.26 Å². The molecule has 0 saturated heterocycles. The van der Waals surface area contributed by atoms with E-state index < -0.39 is 17.8 Å². The average Bonchev–Trinajstić information content (AvgIpc) is 2.98. The third-order valence-corrected chi connectivity index (χ3v) is 7.46. The number of ether oxygens (including phenoxy) is 5. The number of rotatable bonds is 14. The molecule has 3 rings (SSSR count). The molecule has 8 nitrogen and oxygen atoms in total. The Morgan fingerprint density at radius 3 is 1.79 bits per heavy atom. The third kappa shape index (κ3) is 7.87. The lowest BCUT2D eigenvalue weighted by Gasteiger charge is -2.20. The van der Waals surface area contributed by atoms with Gasteiger partial charge in [-0.15, -0.1) is 11.8 Å². The van der Waals surface area contributed by atoms with Gasteiger partial charge in [0.25, 0.3) is 0 Å². The maximum Gasteiger partial charge on any atom is 0.203 e. The lowest BCUT2D eigenvalue weighted by atomic mass is 9.97. The predicted molar refractivity (Wildman–Crippen MR) is 150 cm³/mol. The fourth-order valence-electron chi connectivity index (χ4n) is 3.96. The minimum atomic E-state index is -0.975. The van der Waals surface area contributed by atoms with Crippen LogP contribution in [0, 0.1) is 11.3 Å². The van der Waals surface area contributed by atoms with Crippen molar-refractivity contribution < 1.29 is 33.9 Å². The van der Waals surface area contributed by atoms with Gasteiger partial charge in [0.05, 0.1) is 46.2 Å². The van der Waals surface area contributed by atoms with Crippen LogP contribution in [0.25, 0.3) is 0 Å². The van der Waals surface area contributed by atoms with Crippen molar-refractivity contribution in [1.82, 2.24) is 0 Å². The Morgan fingerprint density at radius 2 is 1.31 bits per heavy atom. The van der Waals surface area contributed by atoms with E-state index in [2.05, 4.69) is 6.07 Å². The molecule has 0 radical (unpaired) electrons. The van der Waals surface area contributed by atoms with Crippen LogP contribution in [0.1, 0.15) is 41.7 Å². The Bertz CT molecular complexity index is 1240. The lowest BCUT2D eigenvalue weighted by Crippen LogP contribution is -2.14. The molecule has 0 amide bonds. The number of hydrogen-bond acceptors (Lipinski definition) is 9. The van der Waals surface area contributed by atoms with Gasteiger partial charge in [0.1, 0.15) is 6.07 Å². The fourth-order valence-corrected chi connectivity index (χ4v) is 4.97. The zero-order valence-electron chi connectivity index (χ0n) is 22.2.